The van der Waals surface area contributed by atoms with Gasteiger partial charge in [-0.2, -0.15) is 5.10 Å². The van der Waals surface area contributed by atoms with Gasteiger partial charge in [0.1, 0.15) is 0 Å². The molecule has 0 saturated heterocycles. The Labute approximate surface area is 67.0 Å². The molecule has 2 rings (SSSR count). The van der Waals surface area contributed by atoms with Gasteiger partial charge in [-0.05, 0) is 31.7 Å². The number of hydrogen-bond donors (Lipinski definition) is 1. The summed E-state index contributed by atoms with van der Waals surface area (Å²) in [5.74, 6) is 0.731. The summed E-state index contributed by atoms with van der Waals surface area (Å²) in [5, 5.41) is 7.38. The Bertz CT molecular complexity index is 263. The molecular formula is C9H14N2. The summed E-state index contributed by atoms with van der Waals surface area (Å²) in [6, 6.07) is 0. The second kappa shape index (κ2) is 2.36. The zero-order chi connectivity index (χ0) is 7.84. The summed E-state index contributed by atoms with van der Waals surface area (Å²) in [7, 11) is 0. The van der Waals surface area contributed by atoms with Crippen LogP contribution < -0.4 is 0 Å². The average molecular weight is 150 g/mol. The van der Waals surface area contributed by atoms with Crippen molar-refractivity contribution in [2.24, 2.45) is 0 Å². The SMILES string of the molecule is CCC1CCc2c1n[nH]c2C. The lowest BCUT2D eigenvalue weighted by atomic mass is 10.1. The highest BCUT2D eigenvalue weighted by atomic mass is 15.1. The maximum absolute atomic E-state index is 4.32. The number of fused-ring (bicyclic) bond motifs is 1. The van der Waals surface area contributed by atoms with Gasteiger partial charge in [0.05, 0.1) is 5.69 Å². The van der Waals surface area contributed by atoms with Crippen molar-refractivity contribution in [1.82, 2.24) is 10.2 Å². The van der Waals surface area contributed by atoms with E-state index in [9.17, 15) is 0 Å². The van der Waals surface area contributed by atoms with Crippen LogP contribution in [0.1, 0.15) is 42.6 Å². The first-order valence-electron chi connectivity index (χ1n) is 4.36. The number of nitrogens with one attached hydrogen (secondary N) is 1. The van der Waals surface area contributed by atoms with Crippen LogP contribution in [0.15, 0.2) is 0 Å². The molecule has 60 valence electrons. The summed E-state index contributed by atoms with van der Waals surface area (Å²) in [5.41, 5.74) is 4.10. The zero-order valence-electron chi connectivity index (χ0n) is 7.15. The third-order valence-electron chi connectivity index (χ3n) is 2.73. The van der Waals surface area contributed by atoms with E-state index < -0.39 is 0 Å². The van der Waals surface area contributed by atoms with Gasteiger partial charge >= 0.3 is 0 Å². The largest absolute Gasteiger partial charge is 0.282 e. The summed E-state index contributed by atoms with van der Waals surface area (Å²) in [6.07, 6.45) is 3.77. The first kappa shape index (κ1) is 6.89. The van der Waals surface area contributed by atoms with Crippen molar-refractivity contribution in [3.63, 3.8) is 0 Å². The van der Waals surface area contributed by atoms with E-state index in [-0.39, 0.29) is 0 Å². The maximum Gasteiger partial charge on any atom is 0.0687 e. The van der Waals surface area contributed by atoms with Gasteiger partial charge in [0.15, 0.2) is 0 Å². The van der Waals surface area contributed by atoms with E-state index in [1.165, 1.54) is 36.2 Å². The fourth-order valence-electron chi connectivity index (χ4n) is 1.98. The van der Waals surface area contributed by atoms with Crippen LogP contribution >= 0.6 is 0 Å². The molecule has 0 aliphatic heterocycles. The number of rotatable bonds is 1. The van der Waals surface area contributed by atoms with Crippen LogP contribution in [0, 0.1) is 6.92 Å². The zero-order valence-corrected chi connectivity index (χ0v) is 7.15. The standard InChI is InChI=1S/C9H14N2/c1-3-7-4-5-8-6(2)10-11-9(7)8/h7H,3-5H2,1-2H3,(H,10,11). The molecule has 1 N–H and O–H groups in total. The predicted molar refractivity (Wildman–Crippen MR) is 44.7 cm³/mol. The Morgan fingerprint density at radius 1 is 1.64 bits per heavy atom. The van der Waals surface area contributed by atoms with Crippen LogP contribution in [0.2, 0.25) is 0 Å². The molecule has 1 aromatic heterocycles. The van der Waals surface area contributed by atoms with E-state index in [2.05, 4.69) is 24.0 Å². The van der Waals surface area contributed by atoms with Gasteiger partial charge in [-0.3, -0.25) is 5.10 Å². The molecule has 0 fully saturated rings. The molecule has 1 aliphatic rings. The van der Waals surface area contributed by atoms with Crippen molar-refractivity contribution in [3.05, 3.63) is 17.0 Å². The van der Waals surface area contributed by atoms with Crippen LogP contribution in [-0.4, -0.2) is 10.2 Å². The van der Waals surface area contributed by atoms with Crippen LogP contribution in [0.4, 0.5) is 0 Å². The Balaban J connectivity index is 2.40. The molecule has 1 aliphatic carbocycles. The van der Waals surface area contributed by atoms with Crippen molar-refractivity contribution in [2.75, 3.05) is 0 Å². The molecule has 1 unspecified atom stereocenters. The van der Waals surface area contributed by atoms with Crippen LogP contribution in [0.3, 0.4) is 0 Å². The maximum atomic E-state index is 4.32. The number of aromatic amines is 1. The molecule has 0 radical (unpaired) electrons. The average Bonchev–Trinajstić information content (AvgIpc) is 2.53. The van der Waals surface area contributed by atoms with Crippen LogP contribution in [0.5, 0.6) is 0 Å². The minimum atomic E-state index is 0.731. The molecule has 0 bridgehead atoms. The smallest absolute Gasteiger partial charge is 0.0687 e. The van der Waals surface area contributed by atoms with Gasteiger partial charge < -0.3 is 0 Å². The first-order chi connectivity index (χ1) is 5.33. The number of aryl methyl sites for hydroxylation is 1. The fourth-order valence-corrected chi connectivity index (χ4v) is 1.98. The van der Waals surface area contributed by atoms with Crippen molar-refractivity contribution < 1.29 is 0 Å². The lowest BCUT2D eigenvalue weighted by Crippen LogP contribution is -1.91. The molecule has 1 heterocycles. The second-order valence-corrected chi connectivity index (χ2v) is 3.36. The molecule has 1 aromatic rings. The van der Waals surface area contributed by atoms with Gasteiger partial charge in [0.2, 0.25) is 0 Å². The Morgan fingerprint density at radius 2 is 2.45 bits per heavy atom. The van der Waals surface area contributed by atoms with Gasteiger partial charge in [-0.15, -0.1) is 0 Å². The molecule has 2 heteroatoms. The van der Waals surface area contributed by atoms with E-state index in [1.54, 1.807) is 0 Å². The third kappa shape index (κ3) is 0.889. The quantitative estimate of drug-likeness (QED) is 0.653. The van der Waals surface area contributed by atoms with Crippen molar-refractivity contribution in [1.29, 1.82) is 0 Å². The van der Waals surface area contributed by atoms with Gasteiger partial charge in [-0.1, -0.05) is 6.92 Å². The van der Waals surface area contributed by atoms with Gasteiger partial charge in [0.25, 0.3) is 0 Å². The van der Waals surface area contributed by atoms with Crippen LogP contribution in [0.25, 0.3) is 0 Å². The Kier molecular flexibility index (Phi) is 1.48. The summed E-state index contributed by atoms with van der Waals surface area (Å²) in [4.78, 5) is 0. The molecule has 0 spiro atoms. The molecular weight excluding hydrogens is 136 g/mol. The van der Waals surface area contributed by atoms with E-state index in [0.717, 1.165) is 5.92 Å². The highest BCUT2D eigenvalue weighted by molar-refractivity contribution is 5.31. The molecule has 11 heavy (non-hydrogen) atoms. The first-order valence-corrected chi connectivity index (χ1v) is 4.36. The second-order valence-electron chi connectivity index (χ2n) is 3.36. The number of hydrogen-bond acceptors (Lipinski definition) is 1. The topological polar surface area (TPSA) is 28.7 Å². The van der Waals surface area contributed by atoms with E-state index >= 15 is 0 Å². The lowest BCUT2D eigenvalue weighted by molar-refractivity contribution is 0.632. The normalized spacial score (nSPS) is 22.2. The van der Waals surface area contributed by atoms with Crippen LogP contribution in [-0.2, 0) is 6.42 Å². The van der Waals surface area contributed by atoms with Gasteiger partial charge in [-0.25, -0.2) is 0 Å². The van der Waals surface area contributed by atoms with Gasteiger partial charge in [0, 0.05) is 11.6 Å². The third-order valence-corrected chi connectivity index (χ3v) is 2.73. The van der Waals surface area contributed by atoms with Crippen molar-refractivity contribution in [2.45, 2.75) is 39.0 Å². The van der Waals surface area contributed by atoms with Crippen molar-refractivity contribution in [3.8, 4) is 0 Å². The number of nitrogens with zero attached hydrogens (tertiary/aromatic N) is 1. The molecule has 0 aromatic carbocycles. The summed E-state index contributed by atoms with van der Waals surface area (Å²) >= 11 is 0. The van der Waals surface area contributed by atoms with E-state index in [0.29, 0.717) is 0 Å². The predicted octanol–water partition coefficient (Wildman–Crippen LogP) is 2.16. The molecule has 1 atom stereocenters. The highest BCUT2D eigenvalue weighted by Gasteiger charge is 2.24. The number of H-pyrrole nitrogens is 1. The monoisotopic (exact) mass is 150 g/mol. The van der Waals surface area contributed by atoms with E-state index in [1.807, 2.05) is 0 Å². The molecule has 0 amide bonds. The Hall–Kier alpha value is -0.790. The van der Waals surface area contributed by atoms with E-state index in [4.69, 9.17) is 0 Å². The number of aromatic nitrogens is 2. The summed E-state index contributed by atoms with van der Waals surface area (Å²) < 4.78 is 0. The van der Waals surface area contributed by atoms with Crippen molar-refractivity contribution >= 4 is 0 Å². The minimum absolute atomic E-state index is 0.731. The minimum Gasteiger partial charge on any atom is -0.282 e. The fraction of sp³-hybridized carbons (Fsp3) is 0.667. The molecule has 2 nitrogen and oxygen atoms in total. The lowest BCUT2D eigenvalue weighted by Gasteiger charge is -2.01. The summed E-state index contributed by atoms with van der Waals surface area (Å²) in [6.45, 7) is 4.35. The molecule has 0 saturated carbocycles. The Morgan fingerprint density at radius 3 is 3.18 bits per heavy atom. The highest BCUT2D eigenvalue weighted by Crippen LogP contribution is 2.34.